The third kappa shape index (κ3) is 6.34. The van der Waals surface area contributed by atoms with Gasteiger partial charge in [-0.1, -0.05) is 35.9 Å². The first-order valence-electron chi connectivity index (χ1n) is 10.4. The van der Waals surface area contributed by atoms with Crippen LogP contribution in [0.5, 0.6) is 5.75 Å². The molecule has 0 aliphatic carbocycles. The second-order valence-electron chi connectivity index (χ2n) is 8.34. The largest absolute Gasteiger partial charge is 0.483 e. The van der Waals surface area contributed by atoms with E-state index in [4.69, 9.17) is 4.74 Å². The zero-order valence-electron chi connectivity index (χ0n) is 19.2. The van der Waals surface area contributed by atoms with E-state index in [-0.39, 0.29) is 24.5 Å². The number of nitrogens with one attached hydrogen (secondary N) is 1. The van der Waals surface area contributed by atoms with Crippen LogP contribution in [0.15, 0.2) is 36.4 Å². The summed E-state index contributed by atoms with van der Waals surface area (Å²) in [6, 6.07) is 11.4. The van der Waals surface area contributed by atoms with Crippen LogP contribution in [0.3, 0.4) is 0 Å². The van der Waals surface area contributed by atoms with E-state index in [2.05, 4.69) is 11.4 Å². The van der Waals surface area contributed by atoms with E-state index in [0.29, 0.717) is 12.3 Å². The smallest absolute Gasteiger partial charge is 0.261 e. The van der Waals surface area contributed by atoms with Crippen molar-refractivity contribution in [2.24, 2.45) is 0 Å². The van der Waals surface area contributed by atoms with Crippen LogP contribution in [0, 0.1) is 27.7 Å². The molecule has 0 fully saturated rings. The van der Waals surface area contributed by atoms with Crippen LogP contribution < -0.4 is 10.1 Å². The predicted octanol–water partition coefficient (Wildman–Crippen LogP) is 4.24. The maximum atomic E-state index is 13.1. The minimum Gasteiger partial charge on any atom is -0.483 e. The predicted molar refractivity (Wildman–Crippen MR) is 121 cm³/mol. The zero-order valence-corrected chi connectivity index (χ0v) is 19.2. The number of benzene rings is 2. The Kier molecular flexibility index (Phi) is 8.04. The molecule has 5 nitrogen and oxygen atoms in total. The summed E-state index contributed by atoms with van der Waals surface area (Å²) >= 11 is 0. The summed E-state index contributed by atoms with van der Waals surface area (Å²) in [6.07, 6.45) is 0. The fourth-order valence-electron chi connectivity index (χ4n) is 3.37. The second-order valence-corrected chi connectivity index (χ2v) is 8.34. The summed E-state index contributed by atoms with van der Waals surface area (Å²) in [7, 11) is 0. The van der Waals surface area contributed by atoms with Gasteiger partial charge < -0.3 is 15.0 Å². The molecule has 2 amide bonds. The average Bonchev–Trinajstić information content (AvgIpc) is 2.66. The Bertz CT molecular complexity index is 905. The molecule has 1 atom stereocenters. The van der Waals surface area contributed by atoms with Crippen molar-refractivity contribution >= 4 is 11.8 Å². The molecule has 0 radical (unpaired) electrons. The van der Waals surface area contributed by atoms with Gasteiger partial charge in [0.05, 0.1) is 0 Å². The number of hydrogen-bond donors (Lipinski definition) is 1. The van der Waals surface area contributed by atoms with E-state index in [9.17, 15) is 9.59 Å². The fourth-order valence-corrected chi connectivity index (χ4v) is 3.37. The first-order valence-corrected chi connectivity index (χ1v) is 10.4. The molecule has 2 aromatic rings. The Morgan fingerprint density at radius 2 is 1.70 bits per heavy atom. The van der Waals surface area contributed by atoms with Crippen molar-refractivity contribution in [3.8, 4) is 5.75 Å². The highest BCUT2D eigenvalue weighted by molar-refractivity contribution is 5.88. The highest BCUT2D eigenvalue weighted by atomic mass is 16.5. The molecule has 0 aliphatic rings. The fraction of sp³-hybridized carbons (Fsp3) is 0.440. The van der Waals surface area contributed by atoms with Crippen LogP contribution in [0.1, 0.15) is 48.6 Å². The van der Waals surface area contributed by atoms with Gasteiger partial charge in [0.1, 0.15) is 11.8 Å². The van der Waals surface area contributed by atoms with Gasteiger partial charge in [0.15, 0.2) is 6.61 Å². The van der Waals surface area contributed by atoms with Crippen molar-refractivity contribution in [3.05, 3.63) is 64.2 Å². The first kappa shape index (κ1) is 23.5. The molecule has 0 aromatic heterocycles. The number of nitrogens with zero attached hydrogens (tertiary/aromatic N) is 1. The minimum absolute atomic E-state index is 0.00467. The maximum Gasteiger partial charge on any atom is 0.261 e. The molecule has 2 aromatic carbocycles. The van der Waals surface area contributed by atoms with E-state index in [0.717, 1.165) is 27.8 Å². The lowest BCUT2D eigenvalue weighted by Crippen LogP contribution is -2.50. The third-order valence-corrected chi connectivity index (χ3v) is 5.15. The van der Waals surface area contributed by atoms with Gasteiger partial charge in [-0.05, 0) is 76.8 Å². The van der Waals surface area contributed by atoms with Crippen molar-refractivity contribution in [2.45, 2.75) is 67.1 Å². The Labute approximate surface area is 180 Å². The number of carbonyl (C=O) groups is 2. The van der Waals surface area contributed by atoms with Crippen molar-refractivity contribution in [1.29, 1.82) is 0 Å². The number of ether oxygens (including phenoxy) is 1. The van der Waals surface area contributed by atoms with Crippen LogP contribution >= 0.6 is 0 Å². The van der Waals surface area contributed by atoms with Gasteiger partial charge in [0.2, 0.25) is 5.91 Å². The number of hydrogen-bond acceptors (Lipinski definition) is 3. The van der Waals surface area contributed by atoms with Crippen LogP contribution in [0.2, 0.25) is 0 Å². The van der Waals surface area contributed by atoms with Crippen LogP contribution in [-0.2, 0) is 16.1 Å². The molecule has 0 heterocycles. The van der Waals surface area contributed by atoms with Crippen molar-refractivity contribution in [3.63, 3.8) is 0 Å². The molecule has 1 N–H and O–H groups in total. The zero-order chi connectivity index (χ0) is 22.4. The molecule has 0 aliphatic heterocycles. The summed E-state index contributed by atoms with van der Waals surface area (Å²) < 4.78 is 5.89. The van der Waals surface area contributed by atoms with Gasteiger partial charge in [-0.25, -0.2) is 0 Å². The van der Waals surface area contributed by atoms with Crippen LogP contribution in [-0.4, -0.2) is 35.4 Å². The minimum atomic E-state index is -0.607. The Hall–Kier alpha value is -2.82. The Morgan fingerprint density at radius 3 is 2.33 bits per heavy atom. The monoisotopic (exact) mass is 410 g/mol. The van der Waals surface area contributed by atoms with E-state index in [1.165, 1.54) is 0 Å². The topological polar surface area (TPSA) is 58.6 Å². The number of amides is 2. The third-order valence-electron chi connectivity index (χ3n) is 5.15. The number of carbonyl (C=O) groups excluding carboxylic acids is 2. The van der Waals surface area contributed by atoms with E-state index in [1.807, 2.05) is 71.9 Å². The van der Waals surface area contributed by atoms with Gasteiger partial charge in [-0.3, -0.25) is 9.59 Å². The molecule has 162 valence electrons. The summed E-state index contributed by atoms with van der Waals surface area (Å²) in [6.45, 7) is 13.8. The Morgan fingerprint density at radius 1 is 1.00 bits per heavy atom. The molecule has 2 rings (SSSR count). The molecule has 5 heteroatoms. The normalized spacial score (nSPS) is 11.9. The van der Waals surface area contributed by atoms with Crippen molar-refractivity contribution < 1.29 is 14.3 Å². The van der Waals surface area contributed by atoms with Crippen LogP contribution in [0.25, 0.3) is 0 Å². The van der Waals surface area contributed by atoms with E-state index in [1.54, 1.807) is 11.8 Å². The quantitative estimate of drug-likeness (QED) is 0.708. The highest BCUT2D eigenvalue weighted by Gasteiger charge is 2.27. The van der Waals surface area contributed by atoms with Crippen molar-refractivity contribution in [2.75, 3.05) is 6.61 Å². The summed E-state index contributed by atoms with van der Waals surface area (Å²) in [5, 5.41) is 2.90. The van der Waals surface area contributed by atoms with Gasteiger partial charge in [-0.15, -0.1) is 0 Å². The molecule has 0 spiro atoms. The average molecular weight is 411 g/mol. The lowest BCUT2D eigenvalue weighted by Gasteiger charge is -2.29. The standard InChI is InChI=1S/C25H34N2O3/c1-16(2)26-25(29)21(7)27(14-22-10-8-9-17(3)12-22)24(28)15-30-23-13-18(4)11-19(5)20(23)6/h8-13,16,21H,14-15H2,1-7H3,(H,26,29)/t21-/m1/s1. The SMILES string of the molecule is Cc1cccc(CN(C(=O)COc2cc(C)cc(C)c2C)[C@H](C)C(=O)NC(C)C)c1. The summed E-state index contributed by atoms with van der Waals surface area (Å²) in [5.41, 5.74) is 5.32. The lowest BCUT2D eigenvalue weighted by molar-refractivity contribution is -0.142. The number of rotatable bonds is 8. The Balaban J connectivity index is 2.22. The van der Waals surface area contributed by atoms with E-state index < -0.39 is 6.04 Å². The number of aryl methyl sites for hydroxylation is 3. The van der Waals surface area contributed by atoms with Gasteiger partial charge in [0, 0.05) is 12.6 Å². The molecule has 0 bridgehead atoms. The molecule has 0 saturated heterocycles. The molecule has 30 heavy (non-hydrogen) atoms. The molecule has 0 unspecified atom stereocenters. The van der Waals surface area contributed by atoms with Gasteiger partial charge in [-0.2, -0.15) is 0 Å². The van der Waals surface area contributed by atoms with Crippen molar-refractivity contribution in [1.82, 2.24) is 10.2 Å². The molecular weight excluding hydrogens is 376 g/mol. The summed E-state index contributed by atoms with van der Waals surface area (Å²) in [4.78, 5) is 27.4. The first-order chi connectivity index (χ1) is 14.1. The molecular formula is C25H34N2O3. The summed E-state index contributed by atoms with van der Waals surface area (Å²) in [5.74, 6) is 0.311. The van der Waals surface area contributed by atoms with Gasteiger partial charge in [0.25, 0.3) is 5.91 Å². The maximum absolute atomic E-state index is 13.1. The highest BCUT2D eigenvalue weighted by Crippen LogP contribution is 2.23. The van der Waals surface area contributed by atoms with Gasteiger partial charge >= 0.3 is 0 Å². The lowest BCUT2D eigenvalue weighted by atomic mass is 10.1. The second kappa shape index (κ2) is 10.3. The van der Waals surface area contributed by atoms with E-state index >= 15 is 0 Å². The molecule has 0 saturated carbocycles. The van der Waals surface area contributed by atoms with Crippen LogP contribution in [0.4, 0.5) is 0 Å².